The molecule has 0 aliphatic carbocycles. The van der Waals surface area contributed by atoms with Crippen LogP contribution in [0.15, 0.2) is 23.1 Å². The lowest BCUT2D eigenvalue weighted by atomic mass is 10.0. The molecule has 0 atom stereocenters. The second-order valence-electron chi connectivity index (χ2n) is 5.76. The molecule has 0 saturated carbocycles. The minimum atomic E-state index is -3.64. The smallest absolute Gasteiger partial charge is 0.243 e. The van der Waals surface area contributed by atoms with Crippen LogP contribution in [0.3, 0.4) is 0 Å². The number of nitrogens with two attached hydrogens (primary N) is 1. The van der Waals surface area contributed by atoms with Gasteiger partial charge in [0.2, 0.25) is 10.0 Å². The van der Waals surface area contributed by atoms with Crippen LogP contribution in [0.4, 0.5) is 10.1 Å². The molecule has 7 heteroatoms. The molecule has 0 amide bonds. The number of nitrogens with zero attached hydrogens (tertiary/aromatic N) is 2. The Morgan fingerprint density at radius 3 is 2.50 bits per heavy atom. The molecule has 2 N–H and O–H groups in total. The van der Waals surface area contributed by atoms with Gasteiger partial charge in [-0.05, 0) is 39.1 Å². The third-order valence-electron chi connectivity index (χ3n) is 3.89. The quantitative estimate of drug-likeness (QED) is 0.831. The van der Waals surface area contributed by atoms with Crippen LogP contribution in [-0.4, -0.2) is 49.8 Å². The molecular weight excluding hydrogens is 281 g/mol. The van der Waals surface area contributed by atoms with Gasteiger partial charge in [-0.25, -0.2) is 12.8 Å². The van der Waals surface area contributed by atoms with Crippen LogP contribution >= 0.6 is 0 Å². The summed E-state index contributed by atoms with van der Waals surface area (Å²) in [6.07, 6.45) is 0. The number of benzene rings is 1. The Bertz CT molecular complexity index is 616. The standard InChI is InChI=1S/C13H20FN3O2S/c1-13(2)9-17(7-6-16(13)3)20(18,19)10-4-5-11(14)12(15)8-10/h4-5,8H,6-7,9,15H2,1-3H3. The number of halogens is 1. The molecule has 1 heterocycles. The van der Waals surface area contributed by atoms with Gasteiger partial charge in [0, 0.05) is 25.2 Å². The number of likely N-dealkylation sites (N-methyl/N-ethyl adjacent to an activating group) is 1. The average molecular weight is 301 g/mol. The minimum Gasteiger partial charge on any atom is -0.396 e. The molecule has 1 aromatic carbocycles. The third-order valence-corrected chi connectivity index (χ3v) is 5.73. The molecule has 1 fully saturated rings. The maximum atomic E-state index is 13.2. The third kappa shape index (κ3) is 2.65. The topological polar surface area (TPSA) is 66.6 Å². The number of hydrogen-bond acceptors (Lipinski definition) is 4. The molecule has 0 aromatic heterocycles. The molecule has 20 heavy (non-hydrogen) atoms. The van der Waals surface area contributed by atoms with E-state index in [1.165, 1.54) is 16.4 Å². The Morgan fingerprint density at radius 1 is 1.30 bits per heavy atom. The predicted molar refractivity (Wildman–Crippen MR) is 76.3 cm³/mol. The van der Waals surface area contributed by atoms with E-state index in [4.69, 9.17) is 5.73 Å². The van der Waals surface area contributed by atoms with Gasteiger partial charge in [0.15, 0.2) is 0 Å². The SMILES string of the molecule is CN1CCN(S(=O)(=O)c2ccc(F)c(N)c2)CC1(C)C. The van der Waals surface area contributed by atoms with Crippen molar-refractivity contribution in [1.29, 1.82) is 0 Å². The van der Waals surface area contributed by atoms with E-state index < -0.39 is 15.8 Å². The van der Waals surface area contributed by atoms with Crippen molar-refractivity contribution in [3.05, 3.63) is 24.0 Å². The van der Waals surface area contributed by atoms with Crippen LogP contribution in [0.2, 0.25) is 0 Å². The number of piperazine rings is 1. The molecule has 5 nitrogen and oxygen atoms in total. The van der Waals surface area contributed by atoms with Gasteiger partial charge in [0.1, 0.15) is 5.82 Å². The van der Waals surface area contributed by atoms with Crippen LogP contribution in [0.25, 0.3) is 0 Å². The maximum Gasteiger partial charge on any atom is 0.243 e. The molecule has 112 valence electrons. The molecule has 0 radical (unpaired) electrons. The van der Waals surface area contributed by atoms with Gasteiger partial charge < -0.3 is 5.73 Å². The largest absolute Gasteiger partial charge is 0.396 e. The van der Waals surface area contributed by atoms with Gasteiger partial charge >= 0.3 is 0 Å². The van der Waals surface area contributed by atoms with E-state index in [1.807, 2.05) is 20.9 Å². The van der Waals surface area contributed by atoms with E-state index in [0.717, 1.165) is 6.07 Å². The van der Waals surface area contributed by atoms with E-state index in [-0.39, 0.29) is 16.1 Å². The average Bonchev–Trinajstić information content (AvgIpc) is 2.35. The summed E-state index contributed by atoms with van der Waals surface area (Å²) in [6.45, 7) is 5.45. The lowest BCUT2D eigenvalue weighted by Crippen LogP contribution is -2.58. The fourth-order valence-corrected chi connectivity index (χ4v) is 3.85. The van der Waals surface area contributed by atoms with Gasteiger partial charge in [-0.1, -0.05) is 0 Å². The van der Waals surface area contributed by atoms with Crippen molar-refractivity contribution in [1.82, 2.24) is 9.21 Å². The first-order valence-corrected chi connectivity index (χ1v) is 7.85. The molecule has 1 aliphatic heterocycles. The van der Waals surface area contributed by atoms with E-state index in [2.05, 4.69) is 4.90 Å². The number of anilines is 1. The lowest BCUT2D eigenvalue weighted by Gasteiger charge is -2.44. The summed E-state index contributed by atoms with van der Waals surface area (Å²) in [5, 5.41) is 0. The zero-order valence-corrected chi connectivity index (χ0v) is 12.7. The number of rotatable bonds is 2. The molecule has 0 bridgehead atoms. The zero-order valence-electron chi connectivity index (χ0n) is 11.9. The van der Waals surface area contributed by atoms with E-state index >= 15 is 0 Å². The first-order valence-electron chi connectivity index (χ1n) is 6.41. The molecule has 0 unspecified atom stereocenters. The molecule has 1 saturated heterocycles. The van der Waals surface area contributed by atoms with Crippen molar-refractivity contribution in [2.24, 2.45) is 0 Å². The highest BCUT2D eigenvalue weighted by Gasteiger charge is 2.37. The predicted octanol–water partition coefficient (Wildman–Crippen LogP) is 1.12. The molecule has 1 aliphatic rings. The Morgan fingerprint density at radius 2 is 1.95 bits per heavy atom. The fraction of sp³-hybridized carbons (Fsp3) is 0.538. The first kappa shape index (κ1) is 15.2. The second-order valence-corrected chi connectivity index (χ2v) is 7.69. The van der Waals surface area contributed by atoms with Gasteiger partial charge in [0.05, 0.1) is 10.6 Å². The normalized spacial score (nSPS) is 21.0. The van der Waals surface area contributed by atoms with Crippen molar-refractivity contribution in [3.63, 3.8) is 0 Å². The summed E-state index contributed by atoms with van der Waals surface area (Å²) in [7, 11) is -1.66. The van der Waals surface area contributed by atoms with Crippen LogP contribution in [0, 0.1) is 5.82 Å². The van der Waals surface area contributed by atoms with E-state index in [0.29, 0.717) is 19.6 Å². The minimum absolute atomic E-state index is 0.0387. The Kier molecular flexibility index (Phi) is 3.79. The summed E-state index contributed by atoms with van der Waals surface area (Å²) >= 11 is 0. The summed E-state index contributed by atoms with van der Waals surface area (Å²) in [5.74, 6) is -0.609. The Balaban J connectivity index is 2.33. The van der Waals surface area contributed by atoms with Gasteiger partial charge in [-0.15, -0.1) is 0 Å². The number of nitrogen functional groups attached to an aromatic ring is 1. The van der Waals surface area contributed by atoms with E-state index in [9.17, 15) is 12.8 Å². The fourth-order valence-electron chi connectivity index (χ4n) is 2.23. The molecule has 2 rings (SSSR count). The summed E-state index contributed by atoms with van der Waals surface area (Å²) < 4.78 is 39.7. The monoisotopic (exact) mass is 301 g/mol. The van der Waals surface area contributed by atoms with Crippen molar-refractivity contribution >= 4 is 15.7 Å². The van der Waals surface area contributed by atoms with Crippen LogP contribution in [0.5, 0.6) is 0 Å². The second kappa shape index (κ2) is 4.98. The van der Waals surface area contributed by atoms with Gasteiger partial charge in [-0.2, -0.15) is 4.31 Å². The summed E-state index contributed by atoms with van der Waals surface area (Å²) in [6, 6.07) is 3.52. The van der Waals surface area contributed by atoms with Crippen LogP contribution in [0.1, 0.15) is 13.8 Å². The van der Waals surface area contributed by atoms with Crippen molar-refractivity contribution in [2.45, 2.75) is 24.3 Å². The highest BCUT2D eigenvalue weighted by molar-refractivity contribution is 7.89. The van der Waals surface area contributed by atoms with Crippen molar-refractivity contribution in [3.8, 4) is 0 Å². The van der Waals surface area contributed by atoms with Crippen molar-refractivity contribution in [2.75, 3.05) is 32.4 Å². The summed E-state index contributed by atoms with van der Waals surface area (Å²) in [4.78, 5) is 2.16. The molecular formula is C13H20FN3O2S. The first-order chi connectivity index (χ1) is 9.14. The van der Waals surface area contributed by atoms with E-state index in [1.54, 1.807) is 0 Å². The highest BCUT2D eigenvalue weighted by Crippen LogP contribution is 2.26. The summed E-state index contributed by atoms with van der Waals surface area (Å²) in [5.41, 5.74) is 5.06. The Labute approximate surface area is 119 Å². The van der Waals surface area contributed by atoms with Crippen molar-refractivity contribution < 1.29 is 12.8 Å². The maximum absolute atomic E-state index is 13.2. The zero-order chi connectivity index (χ0) is 15.1. The Hall–Kier alpha value is -1.18. The van der Waals surface area contributed by atoms with Crippen LogP contribution in [-0.2, 0) is 10.0 Å². The number of hydrogen-bond donors (Lipinski definition) is 1. The van der Waals surface area contributed by atoms with Gasteiger partial charge in [0.25, 0.3) is 0 Å². The molecule has 1 aromatic rings. The highest BCUT2D eigenvalue weighted by atomic mass is 32.2. The lowest BCUT2D eigenvalue weighted by molar-refractivity contribution is 0.0801. The van der Waals surface area contributed by atoms with Crippen LogP contribution < -0.4 is 5.73 Å². The number of sulfonamides is 1. The molecule has 0 spiro atoms. The van der Waals surface area contributed by atoms with Gasteiger partial charge in [-0.3, -0.25) is 4.90 Å².